The Kier molecular flexibility index (Phi) is 4.90. The number of nitrogens with zero attached hydrogens (tertiary/aromatic N) is 4. The maximum Gasteiger partial charge on any atom is 0.298 e. The molecule has 0 aliphatic heterocycles. The highest BCUT2D eigenvalue weighted by molar-refractivity contribution is 7.07. The molecule has 0 bridgehead atoms. The molecule has 0 atom stereocenters. The zero-order chi connectivity index (χ0) is 15.4. The Labute approximate surface area is 129 Å². The fourth-order valence-electron chi connectivity index (χ4n) is 1.68. The van der Waals surface area contributed by atoms with E-state index in [1.807, 2.05) is 51.2 Å². The summed E-state index contributed by atoms with van der Waals surface area (Å²) in [4.78, 5) is 10.8. The van der Waals surface area contributed by atoms with Crippen LogP contribution in [0.25, 0.3) is 0 Å². The van der Waals surface area contributed by atoms with Gasteiger partial charge >= 0.3 is 0 Å². The minimum atomic E-state index is 0.567. The summed E-state index contributed by atoms with van der Waals surface area (Å²) in [5, 5.41) is 0.567. The first-order chi connectivity index (χ1) is 9.99. The maximum atomic E-state index is 5.80. The van der Waals surface area contributed by atoms with Crippen molar-refractivity contribution in [2.45, 2.75) is 27.7 Å². The number of aryl methyl sites for hydroxylation is 3. The summed E-state index contributed by atoms with van der Waals surface area (Å²) in [6.07, 6.45) is 1.84. The van der Waals surface area contributed by atoms with Crippen molar-refractivity contribution in [2.75, 3.05) is 13.6 Å². The molecule has 0 unspecified atom stereocenters. The van der Waals surface area contributed by atoms with E-state index in [2.05, 4.69) is 21.3 Å². The number of rotatable bonds is 5. The van der Waals surface area contributed by atoms with E-state index < -0.39 is 0 Å². The van der Waals surface area contributed by atoms with E-state index >= 15 is 0 Å². The van der Waals surface area contributed by atoms with E-state index in [-0.39, 0.29) is 0 Å². The molecule has 21 heavy (non-hydrogen) atoms. The van der Waals surface area contributed by atoms with E-state index in [9.17, 15) is 0 Å². The molecule has 1 heterocycles. The van der Waals surface area contributed by atoms with Crippen LogP contribution < -0.4 is 4.74 Å². The van der Waals surface area contributed by atoms with Crippen LogP contribution in [0.5, 0.6) is 10.9 Å². The molecule has 112 valence electrons. The lowest BCUT2D eigenvalue weighted by Crippen LogP contribution is -2.14. The summed E-state index contributed by atoms with van der Waals surface area (Å²) < 4.78 is 9.91. The Morgan fingerprint density at radius 3 is 2.67 bits per heavy atom. The van der Waals surface area contributed by atoms with Gasteiger partial charge in [-0.15, -0.1) is 0 Å². The van der Waals surface area contributed by atoms with E-state index in [1.165, 1.54) is 11.5 Å². The molecule has 0 aliphatic rings. The second-order valence-corrected chi connectivity index (χ2v) is 5.65. The maximum absolute atomic E-state index is 5.80. The third kappa shape index (κ3) is 4.01. The number of hydrogen-bond donors (Lipinski definition) is 0. The predicted molar refractivity (Wildman–Crippen MR) is 87.1 cm³/mol. The fourth-order valence-corrected chi connectivity index (χ4v) is 2.23. The second kappa shape index (κ2) is 6.67. The summed E-state index contributed by atoms with van der Waals surface area (Å²) in [7, 11) is 2.00. The Morgan fingerprint density at radius 2 is 2.05 bits per heavy atom. The van der Waals surface area contributed by atoms with Crippen molar-refractivity contribution in [2.24, 2.45) is 4.99 Å². The van der Waals surface area contributed by atoms with Crippen molar-refractivity contribution in [1.29, 1.82) is 0 Å². The molecular weight excluding hydrogens is 284 g/mol. The average molecular weight is 304 g/mol. The first kappa shape index (κ1) is 15.4. The molecule has 0 amide bonds. The molecule has 0 fully saturated rings. The Balaban J connectivity index is 2.22. The van der Waals surface area contributed by atoms with Crippen LogP contribution in [0.3, 0.4) is 0 Å². The Bertz CT molecular complexity index is 651. The first-order valence-electron chi connectivity index (χ1n) is 6.83. The zero-order valence-electron chi connectivity index (χ0n) is 13.0. The van der Waals surface area contributed by atoms with Crippen LogP contribution in [-0.2, 0) is 0 Å². The first-order valence-corrected chi connectivity index (χ1v) is 7.60. The molecule has 2 aromatic rings. The van der Waals surface area contributed by atoms with Gasteiger partial charge in [0.25, 0.3) is 5.19 Å². The van der Waals surface area contributed by atoms with Crippen molar-refractivity contribution >= 4 is 23.6 Å². The van der Waals surface area contributed by atoms with Crippen molar-refractivity contribution in [3.8, 4) is 10.9 Å². The lowest BCUT2D eigenvalue weighted by molar-refractivity contribution is 0.474. The second-order valence-electron chi connectivity index (χ2n) is 4.93. The third-order valence-corrected chi connectivity index (χ3v) is 3.78. The largest absolute Gasteiger partial charge is 0.430 e. The van der Waals surface area contributed by atoms with Crippen LogP contribution in [0.15, 0.2) is 17.1 Å². The van der Waals surface area contributed by atoms with Gasteiger partial charge in [-0.2, -0.15) is 9.36 Å². The van der Waals surface area contributed by atoms with Gasteiger partial charge in [-0.05, 0) is 51.0 Å². The predicted octanol–water partition coefficient (Wildman–Crippen LogP) is 3.87. The topological polar surface area (TPSA) is 50.6 Å². The zero-order valence-corrected chi connectivity index (χ0v) is 13.9. The normalized spacial score (nSPS) is 11.1. The van der Waals surface area contributed by atoms with Gasteiger partial charge in [0, 0.05) is 25.1 Å². The molecule has 1 aromatic heterocycles. The summed E-state index contributed by atoms with van der Waals surface area (Å²) in [6.45, 7) is 8.90. The van der Waals surface area contributed by atoms with Crippen LogP contribution in [0.2, 0.25) is 0 Å². The van der Waals surface area contributed by atoms with Gasteiger partial charge < -0.3 is 9.64 Å². The van der Waals surface area contributed by atoms with E-state index in [1.54, 1.807) is 0 Å². The molecule has 2 rings (SSSR count). The number of hydrogen-bond acceptors (Lipinski definition) is 5. The highest BCUT2D eigenvalue weighted by Crippen LogP contribution is 2.31. The minimum absolute atomic E-state index is 0.567. The number of ether oxygens (including phenoxy) is 1. The highest BCUT2D eigenvalue weighted by atomic mass is 32.1. The lowest BCUT2D eigenvalue weighted by Gasteiger charge is -2.11. The quantitative estimate of drug-likeness (QED) is 0.621. The van der Waals surface area contributed by atoms with Crippen molar-refractivity contribution < 1.29 is 4.74 Å². The summed E-state index contributed by atoms with van der Waals surface area (Å²) in [5.74, 6) is 1.53. The van der Waals surface area contributed by atoms with Gasteiger partial charge in [0.1, 0.15) is 11.6 Å². The van der Waals surface area contributed by atoms with Gasteiger partial charge in [0.05, 0.1) is 12.0 Å². The molecular formula is C15H20N4OS. The number of aromatic nitrogens is 2. The molecule has 6 heteroatoms. The molecule has 0 radical (unpaired) electrons. The highest BCUT2D eigenvalue weighted by Gasteiger charge is 2.09. The number of aliphatic imine (C=N–C) groups is 1. The van der Waals surface area contributed by atoms with Gasteiger partial charge in [-0.1, -0.05) is 0 Å². The molecule has 1 aromatic carbocycles. The SMILES string of the molecule is CCN(C)C=Nc1cc(C)c(Oc2nc(C)ns2)cc1C. The average Bonchev–Trinajstić information content (AvgIpc) is 2.86. The summed E-state index contributed by atoms with van der Waals surface area (Å²) in [6, 6.07) is 4.02. The molecule has 0 N–H and O–H groups in total. The monoisotopic (exact) mass is 304 g/mol. The van der Waals surface area contributed by atoms with Crippen molar-refractivity contribution in [1.82, 2.24) is 14.3 Å². The minimum Gasteiger partial charge on any atom is -0.430 e. The molecule has 5 nitrogen and oxygen atoms in total. The molecule has 0 spiro atoms. The standard InChI is InChI=1S/C15H20N4OS/c1-6-19(5)9-16-13-7-11(3)14(8-10(13)2)20-15-17-12(4)18-21-15/h7-9H,6H2,1-5H3. The summed E-state index contributed by atoms with van der Waals surface area (Å²) in [5.41, 5.74) is 3.05. The van der Waals surface area contributed by atoms with Gasteiger partial charge in [0.15, 0.2) is 0 Å². The Hall–Kier alpha value is -1.95. The van der Waals surface area contributed by atoms with Crippen LogP contribution in [-0.4, -0.2) is 34.2 Å². The van der Waals surface area contributed by atoms with E-state index in [0.717, 1.165) is 34.9 Å². The lowest BCUT2D eigenvalue weighted by atomic mass is 10.1. The molecule has 0 saturated carbocycles. The van der Waals surface area contributed by atoms with Crippen LogP contribution >= 0.6 is 11.5 Å². The van der Waals surface area contributed by atoms with Crippen LogP contribution in [0.4, 0.5) is 5.69 Å². The van der Waals surface area contributed by atoms with Gasteiger partial charge in [-0.3, -0.25) is 0 Å². The fraction of sp³-hybridized carbons (Fsp3) is 0.400. The molecule has 0 aliphatic carbocycles. The smallest absolute Gasteiger partial charge is 0.298 e. The van der Waals surface area contributed by atoms with Crippen molar-refractivity contribution in [3.63, 3.8) is 0 Å². The Morgan fingerprint density at radius 1 is 1.29 bits per heavy atom. The van der Waals surface area contributed by atoms with E-state index in [4.69, 9.17) is 4.74 Å². The third-order valence-electron chi connectivity index (χ3n) is 3.09. The summed E-state index contributed by atoms with van der Waals surface area (Å²) >= 11 is 1.26. The van der Waals surface area contributed by atoms with Gasteiger partial charge in [-0.25, -0.2) is 4.99 Å². The van der Waals surface area contributed by atoms with Crippen LogP contribution in [0.1, 0.15) is 23.9 Å². The molecule has 0 saturated heterocycles. The van der Waals surface area contributed by atoms with Gasteiger partial charge in [0.2, 0.25) is 0 Å². The number of benzene rings is 1. The van der Waals surface area contributed by atoms with Crippen molar-refractivity contribution in [3.05, 3.63) is 29.1 Å². The van der Waals surface area contributed by atoms with E-state index in [0.29, 0.717) is 5.19 Å². The van der Waals surface area contributed by atoms with Crippen LogP contribution in [0, 0.1) is 20.8 Å².